The van der Waals surface area contributed by atoms with E-state index < -0.39 is 84.5 Å². The fourth-order valence-corrected chi connectivity index (χ4v) is 11.4. The first-order chi connectivity index (χ1) is 39.8. The Morgan fingerprint density at radius 2 is 1.35 bits per heavy atom. The van der Waals surface area contributed by atoms with Gasteiger partial charge in [0, 0.05) is 61.0 Å². The summed E-state index contributed by atoms with van der Waals surface area (Å²) in [6, 6.07) is 33.7. The minimum atomic E-state index is -1.54. The Labute approximate surface area is 482 Å². The number of aliphatic hydroxyl groups excluding tert-OH is 2. The topological polar surface area (TPSA) is 274 Å². The molecule has 5 aromatic carbocycles. The predicted octanol–water partition coefficient (Wildman–Crippen LogP) is 3.49. The van der Waals surface area contributed by atoms with E-state index in [-0.39, 0.29) is 57.7 Å². The lowest BCUT2D eigenvalue weighted by atomic mass is 9.89. The van der Waals surface area contributed by atoms with Gasteiger partial charge in [-0.1, -0.05) is 115 Å². The number of aliphatic hydroxyl groups is 2. The Kier molecular flexibility index (Phi) is 21.1. The molecule has 3 unspecified atom stereocenters. The lowest BCUT2D eigenvalue weighted by Crippen LogP contribution is -2.63. The molecule has 434 valence electrons. The number of ether oxygens (including phenoxy) is 2. The van der Waals surface area contributed by atoms with Crippen LogP contribution in [0.2, 0.25) is 5.02 Å². The van der Waals surface area contributed by atoms with Gasteiger partial charge in [0.25, 0.3) is 0 Å². The minimum absolute atomic E-state index is 0.00983. The van der Waals surface area contributed by atoms with Crippen LogP contribution in [0.3, 0.4) is 0 Å². The summed E-state index contributed by atoms with van der Waals surface area (Å²) < 4.78 is 12.1. The number of fused-ring (bicyclic) bond motifs is 2. The minimum Gasteiger partial charge on any atom is -0.489 e. The number of hydrogen-bond donors (Lipinski definition) is 11. The Balaban J connectivity index is 1.11. The number of nitrogens with two attached hydrogens (primary N) is 1. The number of amides is 5. The van der Waals surface area contributed by atoms with Crippen molar-refractivity contribution in [3.8, 4) is 5.75 Å². The summed E-state index contributed by atoms with van der Waals surface area (Å²) >= 11 is 6.51. The summed E-state index contributed by atoms with van der Waals surface area (Å²) in [6.07, 6.45) is 0.0187. The smallest absolute Gasteiger partial charge is 0.246 e. The van der Waals surface area contributed by atoms with Crippen LogP contribution in [-0.2, 0) is 61.0 Å². The highest BCUT2D eigenvalue weighted by Crippen LogP contribution is 2.27. The molecule has 19 nitrogen and oxygen atoms in total. The largest absolute Gasteiger partial charge is 0.489 e. The van der Waals surface area contributed by atoms with Crippen molar-refractivity contribution in [1.82, 2.24) is 47.1 Å². The van der Waals surface area contributed by atoms with Crippen molar-refractivity contribution in [3.63, 3.8) is 0 Å². The molecule has 4 heterocycles. The summed E-state index contributed by atoms with van der Waals surface area (Å²) in [4.78, 5) is 80.9. The van der Waals surface area contributed by atoms with Crippen molar-refractivity contribution in [3.05, 3.63) is 172 Å². The Bertz CT molecular complexity index is 3060. The van der Waals surface area contributed by atoms with E-state index in [9.17, 15) is 10.2 Å². The third-order valence-electron chi connectivity index (χ3n) is 15.6. The molecule has 3 saturated heterocycles. The first-order valence-corrected chi connectivity index (χ1v) is 28.8. The molecule has 82 heavy (non-hydrogen) atoms. The molecule has 3 aliphatic rings. The van der Waals surface area contributed by atoms with Crippen LogP contribution in [0.15, 0.2) is 140 Å². The first kappa shape index (κ1) is 59.4. The molecule has 9 rings (SSSR count). The zero-order valence-electron chi connectivity index (χ0n) is 45.8. The molecule has 0 spiro atoms. The van der Waals surface area contributed by atoms with E-state index in [0.29, 0.717) is 41.3 Å². The molecule has 20 heteroatoms. The predicted molar refractivity (Wildman–Crippen MR) is 312 cm³/mol. The van der Waals surface area contributed by atoms with Gasteiger partial charge in [0.15, 0.2) is 0 Å². The number of hydrogen-bond acceptors (Lipinski definition) is 13. The number of aromatic amines is 1. The fourth-order valence-electron chi connectivity index (χ4n) is 11.2. The van der Waals surface area contributed by atoms with Gasteiger partial charge in [0.1, 0.15) is 42.8 Å². The van der Waals surface area contributed by atoms with Crippen LogP contribution in [0.5, 0.6) is 5.75 Å². The van der Waals surface area contributed by atoms with E-state index >= 15 is 24.0 Å². The van der Waals surface area contributed by atoms with Crippen LogP contribution >= 0.6 is 11.6 Å². The Morgan fingerprint density at radius 3 is 2.10 bits per heavy atom. The van der Waals surface area contributed by atoms with Gasteiger partial charge in [0.2, 0.25) is 35.9 Å². The van der Waals surface area contributed by atoms with Crippen molar-refractivity contribution in [2.24, 2.45) is 11.7 Å². The number of nitrogens with one attached hydrogen (secondary N) is 8. The van der Waals surface area contributed by atoms with Gasteiger partial charge < -0.3 is 61.9 Å². The number of halogens is 1. The number of benzene rings is 5. The number of carbonyl (C=O) groups is 5. The summed E-state index contributed by atoms with van der Waals surface area (Å²) in [5.41, 5.74) is 10.4. The van der Waals surface area contributed by atoms with E-state index in [1.165, 1.54) is 4.90 Å². The van der Waals surface area contributed by atoms with Crippen molar-refractivity contribution < 1.29 is 43.7 Å². The average molecular weight is 1140 g/mol. The second-order valence-corrected chi connectivity index (χ2v) is 22.0. The molecule has 5 amide bonds. The number of H-pyrrole nitrogens is 1. The highest BCUT2D eigenvalue weighted by Gasteiger charge is 2.45. The molecule has 3 fully saturated rings. The highest BCUT2D eigenvalue weighted by molar-refractivity contribution is 6.30. The maximum Gasteiger partial charge on any atom is 0.246 e. The van der Waals surface area contributed by atoms with Gasteiger partial charge in [0.05, 0.1) is 18.2 Å². The van der Waals surface area contributed by atoms with Crippen LogP contribution in [0, 0.1) is 5.92 Å². The van der Waals surface area contributed by atoms with Gasteiger partial charge in [-0.05, 0) is 116 Å². The van der Waals surface area contributed by atoms with Crippen LogP contribution in [0.25, 0.3) is 10.9 Å². The summed E-state index contributed by atoms with van der Waals surface area (Å²) in [7, 11) is 0. The van der Waals surface area contributed by atoms with Gasteiger partial charge in [-0.25, -0.2) is 0 Å². The number of piperidine rings is 1. The number of para-hydroxylation sites is 1. The van der Waals surface area contributed by atoms with E-state index in [1.807, 2.05) is 97.1 Å². The third-order valence-corrected chi connectivity index (χ3v) is 15.8. The third kappa shape index (κ3) is 16.5. The van der Waals surface area contributed by atoms with E-state index in [0.717, 1.165) is 53.5 Å². The maximum absolute atomic E-state index is 15.5. The SMILES string of the molecule is NCCNC(O)OC1C[C@H]2C(=O)N[C@@H](CCc3ccccc3)C(=O)N[C@H](Cc3c[nH]c4ccccc34)C(=O)N[C@@H](CC3CCNCC3)C(O)N[C@@H](Cc3ccc(OCc4ccccc4)cc3)C(=O)N[C@@H](Cc3cccc(Cl)c3)C(=O)N2C1. The van der Waals surface area contributed by atoms with Crippen molar-refractivity contribution in [2.45, 2.75) is 119 Å². The van der Waals surface area contributed by atoms with Gasteiger partial charge in [-0.3, -0.25) is 34.6 Å². The van der Waals surface area contributed by atoms with Crippen molar-refractivity contribution >= 4 is 52.0 Å². The second kappa shape index (κ2) is 29.2. The summed E-state index contributed by atoms with van der Waals surface area (Å²) in [5, 5.41) is 46.2. The highest BCUT2D eigenvalue weighted by atomic mass is 35.5. The molecule has 9 atom stereocenters. The zero-order valence-corrected chi connectivity index (χ0v) is 46.6. The molecule has 0 saturated carbocycles. The monoisotopic (exact) mass is 1140 g/mol. The van der Waals surface area contributed by atoms with E-state index in [2.05, 4.69) is 42.2 Å². The molecule has 12 N–H and O–H groups in total. The number of aromatic nitrogens is 1. The van der Waals surface area contributed by atoms with Gasteiger partial charge in [-0.15, -0.1) is 0 Å². The molecule has 6 aromatic rings. The Hall–Kier alpha value is -7.20. The maximum atomic E-state index is 15.5. The number of nitrogens with zero attached hydrogens (tertiary/aromatic N) is 1. The van der Waals surface area contributed by atoms with E-state index in [1.54, 1.807) is 42.6 Å². The average Bonchev–Trinajstić information content (AvgIpc) is 4.29. The first-order valence-electron chi connectivity index (χ1n) is 28.4. The van der Waals surface area contributed by atoms with E-state index in [4.69, 9.17) is 26.8 Å². The molecule has 3 aliphatic heterocycles. The van der Waals surface area contributed by atoms with Gasteiger partial charge in [-0.2, -0.15) is 0 Å². The van der Waals surface area contributed by atoms with Crippen LogP contribution in [0.4, 0.5) is 0 Å². The molecule has 1 aromatic heterocycles. The van der Waals surface area contributed by atoms with Crippen LogP contribution in [0.1, 0.15) is 59.9 Å². The molecular weight excluding hydrogens is 1060 g/mol. The van der Waals surface area contributed by atoms with Crippen LogP contribution < -0.4 is 47.7 Å². The summed E-state index contributed by atoms with van der Waals surface area (Å²) in [5.74, 6) is -2.57. The Morgan fingerprint density at radius 1 is 0.695 bits per heavy atom. The standard InChI is InChI=1S/C62H75ClN10O9/c63-45-15-9-14-43(30-45)33-54-61(79)73-37-47(82-62(80)66-29-26-64)35-55(73)60(78)68-50(23-20-39-10-3-1-4-11-39)56(74)71-53(34-44-36-67-49-17-8-7-16-48(44)49)59(77)70-52(32-41-24-27-65-28-25-41)57(75)69-51(58(76)72-54)31-40-18-21-46(22-19-40)81-38-42-12-5-2-6-13-42/h1-19,21-22,30,36,41,47,50-55,57,62,65-67,69,75,80H,20,23-29,31-35,37-38,64H2,(H,68,78)(H,70,77)(H,71,74)(H,72,76)/t47?,50-,51-,52-,53+,54-,55-,57?,62?/m0/s1. The van der Waals surface area contributed by atoms with Crippen molar-refractivity contribution in [1.29, 1.82) is 0 Å². The summed E-state index contributed by atoms with van der Waals surface area (Å²) in [6.45, 7) is 2.02. The molecule has 0 aliphatic carbocycles. The number of aryl methyl sites for hydroxylation is 1. The lowest BCUT2D eigenvalue weighted by Gasteiger charge is -2.35. The normalized spacial score (nSPS) is 23.9. The zero-order chi connectivity index (χ0) is 57.4. The quantitative estimate of drug-likeness (QED) is 0.0520. The van der Waals surface area contributed by atoms with Gasteiger partial charge >= 0.3 is 0 Å². The number of rotatable bonds is 19. The second-order valence-electron chi connectivity index (χ2n) is 21.5. The molecule has 0 bridgehead atoms. The fraction of sp³-hybridized carbons (Fsp3) is 0.403. The number of carbonyl (C=O) groups excluding carboxylic acids is 5. The molecular formula is C62H75ClN10O9. The van der Waals surface area contributed by atoms with Crippen molar-refractivity contribution in [2.75, 3.05) is 32.7 Å². The lowest BCUT2D eigenvalue weighted by molar-refractivity contribution is -0.152. The molecule has 0 radical (unpaired) electrons. The van der Waals surface area contributed by atoms with Crippen LogP contribution in [-0.4, -0.2) is 137 Å².